The first kappa shape index (κ1) is 15.0. The largest absolute Gasteiger partial charge is 0.296 e. The van der Waals surface area contributed by atoms with Gasteiger partial charge in [0.2, 0.25) is 0 Å². The van der Waals surface area contributed by atoms with E-state index in [2.05, 4.69) is 46.5 Å². The molecule has 0 N–H and O–H groups in total. The fourth-order valence-corrected chi connectivity index (χ4v) is 3.80. The summed E-state index contributed by atoms with van der Waals surface area (Å²) in [6.07, 6.45) is 3.93. The van der Waals surface area contributed by atoms with Crippen LogP contribution in [0.5, 0.6) is 0 Å². The molecule has 4 heteroatoms. The van der Waals surface area contributed by atoms with Crippen molar-refractivity contribution in [3.8, 4) is 10.6 Å². The van der Waals surface area contributed by atoms with Gasteiger partial charge >= 0.3 is 0 Å². The SMILES string of the molecule is CCCN(Cc1ccccc1-c1nc(CCl)cs1)C1CC1. The van der Waals surface area contributed by atoms with Crippen molar-refractivity contribution in [3.05, 3.63) is 40.9 Å². The highest BCUT2D eigenvalue weighted by atomic mass is 35.5. The Morgan fingerprint density at radius 2 is 2.14 bits per heavy atom. The summed E-state index contributed by atoms with van der Waals surface area (Å²) in [5.41, 5.74) is 3.62. The number of rotatable bonds is 7. The Bertz CT molecular complexity index is 592. The number of hydrogen-bond donors (Lipinski definition) is 0. The van der Waals surface area contributed by atoms with Crippen molar-refractivity contribution < 1.29 is 0 Å². The van der Waals surface area contributed by atoms with Gasteiger partial charge in [0.15, 0.2) is 0 Å². The third-order valence-corrected chi connectivity index (χ3v) is 5.08. The molecule has 1 aromatic carbocycles. The van der Waals surface area contributed by atoms with Gasteiger partial charge in [-0.3, -0.25) is 4.90 Å². The van der Waals surface area contributed by atoms with Gasteiger partial charge in [-0.25, -0.2) is 4.98 Å². The number of nitrogens with zero attached hydrogens (tertiary/aromatic N) is 2. The van der Waals surface area contributed by atoms with E-state index in [9.17, 15) is 0 Å². The molecule has 1 heterocycles. The number of thiazole rings is 1. The van der Waals surface area contributed by atoms with Crippen LogP contribution in [0, 0.1) is 0 Å². The Labute approximate surface area is 135 Å². The minimum absolute atomic E-state index is 0.489. The first-order chi connectivity index (χ1) is 10.3. The van der Waals surface area contributed by atoms with Crippen molar-refractivity contribution in [1.29, 1.82) is 0 Å². The second-order valence-electron chi connectivity index (χ2n) is 5.64. The van der Waals surface area contributed by atoms with E-state index < -0.39 is 0 Å². The molecule has 0 radical (unpaired) electrons. The van der Waals surface area contributed by atoms with E-state index >= 15 is 0 Å². The molecule has 112 valence electrons. The number of halogens is 1. The summed E-state index contributed by atoms with van der Waals surface area (Å²) in [5, 5.41) is 3.15. The van der Waals surface area contributed by atoms with Gasteiger partial charge in [0.25, 0.3) is 0 Å². The molecule has 1 fully saturated rings. The zero-order chi connectivity index (χ0) is 14.7. The molecule has 2 aromatic rings. The molecule has 2 nitrogen and oxygen atoms in total. The molecule has 1 saturated carbocycles. The van der Waals surface area contributed by atoms with Gasteiger partial charge in [-0.15, -0.1) is 22.9 Å². The summed E-state index contributed by atoms with van der Waals surface area (Å²) in [6, 6.07) is 9.45. The van der Waals surface area contributed by atoms with Crippen LogP contribution in [0.2, 0.25) is 0 Å². The normalized spacial score (nSPS) is 14.8. The molecule has 0 spiro atoms. The van der Waals surface area contributed by atoms with Gasteiger partial charge in [0.05, 0.1) is 11.6 Å². The fourth-order valence-electron chi connectivity index (χ4n) is 2.70. The van der Waals surface area contributed by atoms with E-state index in [-0.39, 0.29) is 0 Å². The maximum atomic E-state index is 5.88. The Morgan fingerprint density at radius 1 is 1.33 bits per heavy atom. The lowest BCUT2D eigenvalue weighted by Crippen LogP contribution is -2.26. The standard InChI is InChI=1S/C17H21ClN2S/c1-2-9-20(15-7-8-15)11-13-5-3-4-6-16(13)17-19-14(10-18)12-21-17/h3-6,12,15H,2,7-11H2,1H3. The topological polar surface area (TPSA) is 16.1 Å². The fraction of sp³-hybridized carbons (Fsp3) is 0.471. The summed E-state index contributed by atoms with van der Waals surface area (Å²) in [6.45, 7) is 4.48. The third kappa shape index (κ3) is 3.65. The molecule has 0 saturated heterocycles. The van der Waals surface area contributed by atoms with E-state index in [1.165, 1.54) is 36.9 Å². The number of aromatic nitrogens is 1. The van der Waals surface area contributed by atoms with Crippen molar-refractivity contribution in [1.82, 2.24) is 9.88 Å². The first-order valence-electron chi connectivity index (χ1n) is 7.64. The van der Waals surface area contributed by atoms with Crippen LogP contribution in [0.3, 0.4) is 0 Å². The molecule has 0 unspecified atom stereocenters. The highest BCUT2D eigenvalue weighted by Gasteiger charge is 2.28. The lowest BCUT2D eigenvalue weighted by Gasteiger charge is -2.22. The molecule has 21 heavy (non-hydrogen) atoms. The van der Waals surface area contributed by atoms with Gasteiger partial charge in [0.1, 0.15) is 5.01 Å². The Kier molecular flexibility index (Phi) is 4.94. The second kappa shape index (κ2) is 6.91. The maximum absolute atomic E-state index is 5.88. The average molecular weight is 321 g/mol. The molecule has 1 aliphatic carbocycles. The molecule has 1 aliphatic rings. The van der Waals surface area contributed by atoms with Gasteiger partial charge in [0, 0.05) is 23.5 Å². The summed E-state index contributed by atoms with van der Waals surface area (Å²) in [5.74, 6) is 0.489. The van der Waals surface area contributed by atoms with Crippen LogP contribution in [0.25, 0.3) is 10.6 Å². The molecule has 3 rings (SSSR count). The van der Waals surface area contributed by atoms with Crippen LogP contribution in [0.4, 0.5) is 0 Å². The van der Waals surface area contributed by atoms with Crippen LogP contribution in [0.1, 0.15) is 37.4 Å². The molecule has 1 aromatic heterocycles. The van der Waals surface area contributed by atoms with E-state index in [4.69, 9.17) is 11.6 Å². The minimum Gasteiger partial charge on any atom is -0.296 e. The Morgan fingerprint density at radius 3 is 2.81 bits per heavy atom. The van der Waals surface area contributed by atoms with Crippen LogP contribution in [0.15, 0.2) is 29.6 Å². The monoisotopic (exact) mass is 320 g/mol. The van der Waals surface area contributed by atoms with Crippen molar-refractivity contribution in [2.75, 3.05) is 6.54 Å². The molecular weight excluding hydrogens is 300 g/mol. The van der Waals surface area contributed by atoms with Crippen LogP contribution < -0.4 is 0 Å². The van der Waals surface area contributed by atoms with E-state index in [0.717, 1.165) is 23.3 Å². The van der Waals surface area contributed by atoms with Crippen LogP contribution in [-0.4, -0.2) is 22.5 Å². The van der Waals surface area contributed by atoms with Gasteiger partial charge in [-0.2, -0.15) is 0 Å². The quantitative estimate of drug-likeness (QED) is 0.673. The Hall–Kier alpha value is -0.900. The molecule has 0 bridgehead atoms. The zero-order valence-electron chi connectivity index (χ0n) is 12.4. The first-order valence-corrected chi connectivity index (χ1v) is 9.06. The molecular formula is C17H21ClN2S. The van der Waals surface area contributed by atoms with Crippen molar-refractivity contribution in [2.45, 2.75) is 44.7 Å². The van der Waals surface area contributed by atoms with Crippen LogP contribution in [-0.2, 0) is 12.4 Å². The van der Waals surface area contributed by atoms with E-state index in [1.54, 1.807) is 11.3 Å². The predicted molar refractivity (Wildman–Crippen MR) is 90.8 cm³/mol. The van der Waals surface area contributed by atoms with Gasteiger partial charge in [-0.05, 0) is 31.4 Å². The molecule has 0 atom stereocenters. The smallest absolute Gasteiger partial charge is 0.123 e. The van der Waals surface area contributed by atoms with Gasteiger partial charge < -0.3 is 0 Å². The number of hydrogen-bond acceptors (Lipinski definition) is 3. The lowest BCUT2D eigenvalue weighted by atomic mass is 10.1. The summed E-state index contributed by atoms with van der Waals surface area (Å²) >= 11 is 7.57. The Balaban J connectivity index is 1.84. The zero-order valence-corrected chi connectivity index (χ0v) is 14.0. The molecule has 0 amide bonds. The number of benzene rings is 1. The lowest BCUT2D eigenvalue weighted by molar-refractivity contribution is 0.255. The van der Waals surface area contributed by atoms with Gasteiger partial charge in [-0.1, -0.05) is 31.2 Å². The van der Waals surface area contributed by atoms with Crippen molar-refractivity contribution >= 4 is 22.9 Å². The number of alkyl halides is 1. The van der Waals surface area contributed by atoms with E-state index in [1.807, 2.05) is 0 Å². The maximum Gasteiger partial charge on any atom is 0.123 e. The summed E-state index contributed by atoms with van der Waals surface area (Å²) < 4.78 is 0. The van der Waals surface area contributed by atoms with Crippen LogP contribution >= 0.6 is 22.9 Å². The van der Waals surface area contributed by atoms with Crippen molar-refractivity contribution in [3.63, 3.8) is 0 Å². The predicted octanol–water partition coefficient (Wildman–Crippen LogP) is 4.92. The third-order valence-electron chi connectivity index (χ3n) is 3.88. The van der Waals surface area contributed by atoms with E-state index in [0.29, 0.717) is 5.88 Å². The summed E-state index contributed by atoms with van der Waals surface area (Å²) in [4.78, 5) is 7.26. The molecule has 0 aliphatic heterocycles. The summed E-state index contributed by atoms with van der Waals surface area (Å²) in [7, 11) is 0. The minimum atomic E-state index is 0.489. The second-order valence-corrected chi connectivity index (χ2v) is 6.76. The van der Waals surface area contributed by atoms with Crippen molar-refractivity contribution in [2.24, 2.45) is 0 Å². The highest BCUT2D eigenvalue weighted by molar-refractivity contribution is 7.13. The average Bonchev–Trinajstić information content (AvgIpc) is 3.25. The highest BCUT2D eigenvalue weighted by Crippen LogP contribution is 2.32.